The van der Waals surface area contributed by atoms with Crippen molar-refractivity contribution in [1.82, 2.24) is 9.80 Å². The van der Waals surface area contributed by atoms with Gasteiger partial charge >= 0.3 is 17.8 Å². The molecule has 1 saturated heterocycles. The minimum Gasteiger partial charge on any atom is -0.292 e. The fourth-order valence-corrected chi connectivity index (χ4v) is 1.98. The number of rotatable bonds is 3. The Labute approximate surface area is 122 Å². The molecule has 0 aliphatic carbocycles. The first-order chi connectivity index (χ1) is 8.91. The Morgan fingerprint density at radius 1 is 1.11 bits per heavy atom. The zero-order valence-corrected chi connectivity index (χ0v) is 12.1. The third kappa shape index (κ3) is 2.50. The molecule has 0 bridgehead atoms. The van der Waals surface area contributed by atoms with Crippen LogP contribution in [0.4, 0.5) is 4.79 Å². The van der Waals surface area contributed by atoms with E-state index in [2.05, 4.69) is 22.6 Å². The summed E-state index contributed by atoms with van der Waals surface area (Å²) in [6.45, 7) is -0.422. The average Bonchev–Trinajstić information content (AvgIpc) is 2.57. The van der Waals surface area contributed by atoms with E-state index >= 15 is 0 Å². The van der Waals surface area contributed by atoms with Crippen molar-refractivity contribution in [1.29, 1.82) is 0 Å². The summed E-state index contributed by atoms with van der Waals surface area (Å²) < 4.78 is 0.970. The molecule has 98 valence electrons. The van der Waals surface area contributed by atoms with E-state index < -0.39 is 24.4 Å². The van der Waals surface area contributed by atoms with Gasteiger partial charge < -0.3 is 0 Å². The van der Waals surface area contributed by atoms with Crippen molar-refractivity contribution in [3.63, 3.8) is 0 Å². The zero-order chi connectivity index (χ0) is 14.2. The van der Waals surface area contributed by atoms with Crippen LogP contribution in [0.5, 0.6) is 0 Å². The zero-order valence-electron chi connectivity index (χ0n) is 9.92. The maximum absolute atomic E-state index is 11.9. The first-order valence-electron chi connectivity index (χ1n) is 5.34. The van der Waals surface area contributed by atoms with Crippen LogP contribution in [0.2, 0.25) is 0 Å². The molecule has 0 atom stereocenters. The monoisotopic (exact) mass is 372 g/mol. The van der Waals surface area contributed by atoms with Crippen LogP contribution in [-0.4, -0.2) is 47.0 Å². The van der Waals surface area contributed by atoms with Gasteiger partial charge in [-0.1, -0.05) is 12.1 Å². The number of urea groups is 1. The lowest BCUT2D eigenvalue weighted by atomic mass is 10.1. The number of likely N-dealkylation sites (N-methyl/N-ethyl adjacent to an activating group) is 1. The second-order valence-corrected chi connectivity index (χ2v) is 5.21. The number of amides is 4. The number of hydrogen-bond donors (Lipinski definition) is 0. The van der Waals surface area contributed by atoms with E-state index in [-0.39, 0.29) is 5.78 Å². The highest BCUT2D eigenvalue weighted by Crippen LogP contribution is 2.12. The van der Waals surface area contributed by atoms with Gasteiger partial charge in [-0.3, -0.25) is 19.3 Å². The SMILES string of the molecule is CN1C(=O)C(=O)N(CC(=O)c2ccc(I)cc2)C1=O. The summed E-state index contributed by atoms with van der Waals surface area (Å²) in [6.07, 6.45) is 0. The highest BCUT2D eigenvalue weighted by Gasteiger charge is 2.42. The number of imide groups is 2. The van der Waals surface area contributed by atoms with E-state index in [1.54, 1.807) is 24.3 Å². The maximum Gasteiger partial charge on any atom is 0.334 e. The van der Waals surface area contributed by atoms with Crippen LogP contribution < -0.4 is 0 Å². The normalized spacial score (nSPS) is 15.4. The van der Waals surface area contributed by atoms with Crippen LogP contribution >= 0.6 is 22.6 Å². The summed E-state index contributed by atoms with van der Waals surface area (Å²) in [5, 5.41) is 0. The lowest BCUT2D eigenvalue weighted by Gasteiger charge is -2.11. The van der Waals surface area contributed by atoms with E-state index in [4.69, 9.17) is 0 Å². The van der Waals surface area contributed by atoms with Gasteiger partial charge in [0, 0.05) is 16.2 Å². The molecule has 1 heterocycles. The van der Waals surface area contributed by atoms with Crippen molar-refractivity contribution >= 4 is 46.2 Å². The Morgan fingerprint density at radius 2 is 1.68 bits per heavy atom. The Hall–Kier alpha value is -1.77. The van der Waals surface area contributed by atoms with Crippen molar-refractivity contribution in [2.45, 2.75) is 0 Å². The number of benzene rings is 1. The fourth-order valence-electron chi connectivity index (χ4n) is 1.62. The molecule has 0 saturated carbocycles. The largest absolute Gasteiger partial charge is 0.334 e. The lowest BCUT2D eigenvalue weighted by molar-refractivity contribution is -0.142. The predicted molar refractivity (Wildman–Crippen MR) is 73.4 cm³/mol. The van der Waals surface area contributed by atoms with Crippen molar-refractivity contribution in [3.05, 3.63) is 33.4 Å². The van der Waals surface area contributed by atoms with Crippen molar-refractivity contribution in [3.8, 4) is 0 Å². The molecule has 1 aliphatic rings. The summed E-state index contributed by atoms with van der Waals surface area (Å²) in [5.41, 5.74) is 0.392. The number of ketones is 1. The van der Waals surface area contributed by atoms with Crippen molar-refractivity contribution < 1.29 is 19.2 Å². The molecule has 19 heavy (non-hydrogen) atoms. The number of Topliss-reactive ketones (excluding diaryl/α,β-unsaturated/α-hetero) is 1. The van der Waals surface area contributed by atoms with Crippen LogP contribution in [0.1, 0.15) is 10.4 Å². The molecule has 0 aromatic heterocycles. The highest BCUT2D eigenvalue weighted by atomic mass is 127. The molecule has 1 fully saturated rings. The molecule has 0 unspecified atom stereocenters. The number of hydrogen-bond acceptors (Lipinski definition) is 4. The van der Waals surface area contributed by atoms with Gasteiger partial charge in [-0.25, -0.2) is 9.69 Å². The van der Waals surface area contributed by atoms with E-state index in [9.17, 15) is 19.2 Å². The van der Waals surface area contributed by atoms with Crippen LogP contribution in [0, 0.1) is 3.57 Å². The topological polar surface area (TPSA) is 74.8 Å². The fraction of sp³-hybridized carbons (Fsp3) is 0.167. The molecule has 2 rings (SSSR count). The van der Waals surface area contributed by atoms with Gasteiger partial charge in [0.15, 0.2) is 5.78 Å². The molecular weight excluding hydrogens is 363 g/mol. The second kappa shape index (κ2) is 5.08. The number of carbonyl (C=O) groups is 4. The second-order valence-electron chi connectivity index (χ2n) is 3.97. The molecule has 0 N–H and O–H groups in total. The first-order valence-corrected chi connectivity index (χ1v) is 6.42. The molecule has 1 aliphatic heterocycles. The minimum atomic E-state index is -0.966. The third-order valence-electron chi connectivity index (χ3n) is 2.72. The summed E-state index contributed by atoms with van der Waals surface area (Å²) in [4.78, 5) is 47.7. The maximum atomic E-state index is 11.9. The summed E-state index contributed by atoms with van der Waals surface area (Å²) in [7, 11) is 1.21. The van der Waals surface area contributed by atoms with Gasteiger partial charge in [0.1, 0.15) is 0 Å². The lowest BCUT2D eigenvalue weighted by Crippen LogP contribution is -2.36. The van der Waals surface area contributed by atoms with E-state index in [0.29, 0.717) is 15.4 Å². The number of nitrogens with zero attached hydrogens (tertiary/aromatic N) is 2. The highest BCUT2D eigenvalue weighted by molar-refractivity contribution is 14.1. The number of carbonyl (C=O) groups excluding carboxylic acids is 4. The summed E-state index contributed by atoms with van der Waals surface area (Å²) in [6, 6.07) is 5.95. The molecule has 7 heteroatoms. The first kappa shape index (κ1) is 13.7. The van der Waals surface area contributed by atoms with E-state index in [1.807, 2.05) is 0 Å². The molecule has 1 aromatic carbocycles. The molecular formula is C12H9IN2O4. The van der Waals surface area contributed by atoms with Crippen LogP contribution in [0.15, 0.2) is 24.3 Å². The molecule has 0 radical (unpaired) electrons. The van der Waals surface area contributed by atoms with Crippen LogP contribution in [0.25, 0.3) is 0 Å². The Balaban J connectivity index is 2.16. The quantitative estimate of drug-likeness (QED) is 0.342. The smallest absolute Gasteiger partial charge is 0.292 e. The predicted octanol–water partition coefficient (Wildman–Crippen LogP) is 0.894. The summed E-state index contributed by atoms with van der Waals surface area (Å²) >= 11 is 2.10. The van der Waals surface area contributed by atoms with Crippen LogP contribution in [0.3, 0.4) is 0 Å². The minimum absolute atomic E-state index is 0.388. The Morgan fingerprint density at radius 3 is 2.16 bits per heavy atom. The van der Waals surface area contributed by atoms with E-state index in [0.717, 1.165) is 3.57 Å². The van der Waals surface area contributed by atoms with Gasteiger partial charge in [0.05, 0.1) is 6.54 Å². The van der Waals surface area contributed by atoms with E-state index in [1.165, 1.54) is 7.05 Å². The molecule has 4 amide bonds. The summed E-state index contributed by atoms with van der Waals surface area (Å²) in [5.74, 6) is -2.27. The Bertz CT molecular complexity index is 582. The Kier molecular flexibility index (Phi) is 3.65. The molecule has 1 aromatic rings. The molecule has 6 nitrogen and oxygen atoms in total. The van der Waals surface area contributed by atoms with Crippen molar-refractivity contribution in [2.75, 3.05) is 13.6 Å². The average molecular weight is 372 g/mol. The van der Waals surface area contributed by atoms with Gasteiger partial charge in [-0.15, -0.1) is 0 Å². The van der Waals surface area contributed by atoms with Gasteiger partial charge in [0.2, 0.25) is 0 Å². The molecule has 0 spiro atoms. The van der Waals surface area contributed by atoms with Crippen LogP contribution in [-0.2, 0) is 9.59 Å². The number of halogens is 1. The third-order valence-corrected chi connectivity index (χ3v) is 3.44. The van der Waals surface area contributed by atoms with Gasteiger partial charge in [-0.05, 0) is 34.7 Å². The van der Waals surface area contributed by atoms with Gasteiger partial charge in [-0.2, -0.15) is 0 Å². The van der Waals surface area contributed by atoms with Crippen molar-refractivity contribution in [2.24, 2.45) is 0 Å². The van der Waals surface area contributed by atoms with Gasteiger partial charge in [0.25, 0.3) is 0 Å². The standard InChI is InChI=1S/C12H9IN2O4/c1-14-10(17)11(18)15(12(14)19)6-9(16)7-2-4-8(13)5-3-7/h2-5H,6H2,1H3.